The van der Waals surface area contributed by atoms with Crippen LogP contribution in [0.25, 0.3) is 0 Å². The van der Waals surface area contributed by atoms with Crippen LogP contribution in [0.1, 0.15) is 19.3 Å². The van der Waals surface area contributed by atoms with Gasteiger partial charge < -0.3 is 4.43 Å². The van der Waals surface area contributed by atoms with Crippen LogP contribution in [-0.4, -0.2) is 8.32 Å². The van der Waals surface area contributed by atoms with Crippen molar-refractivity contribution < 1.29 is 4.43 Å². The summed E-state index contributed by atoms with van der Waals surface area (Å²) in [6, 6.07) is 0. The minimum Gasteiger partial charge on any atom is -0.547 e. The molecule has 1 aliphatic carbocycles. The number of hydrogen-bond acceptors (Lipinski definition) is 1. The van der Waals surface area contributed by atoms with E-state index in [1.807, 2.05) is 6.08 Å². The fourth-order valence-electron chi connectivity index (χ4n) is 1.65. The van der Waals surface area contributed by atoms with Crippen LogP contribution < -0.4 is 0 Å². The van der Waals surface area contributed by atoms with Gasteiger partial charge in [0.05, 0.1) is 5.76 Å². The number of allylic oxidation sites excluding steroid dienone is 3. The van der Waals surface area contributed by atoms with Crippen molar-refractivity contribution in [2.45, 2.75) is 38.9 Å². The summed E-state index contributed by atoms with van der Waals surface area (Å²) in [6.07, 6.45) is 7.74. The number of hydrogen-bond donors (Lipinski definition) is 0. The van der Waals surface area contributed by atoms with E-state index >= 15 is 0 Å². The largest absolute Gasteiger partial charge is 0.547 e. The van der Waals surface area contributed by atoms with Crippen molar-refractivity contribution in [3.8, 4) is 0 Å². The standard InChI is InChI=1S/C11H20OSi/c1-5-7-10-8-6-9-11(10)12-13(2,3)4/h5,9-10H,1,6-8H2,2-4H3. The van der Waals surface area contributed by atoms with Gasteiger partial charge >= 0.3 is 0 Å². The summed E-state index contributed by atoms with van der Waals surface area (Å²) < 4.78 is 6.02. The second kappa shape index (κ2) is 4.14. The Morgan fingerprint density at radius 1 is 1.62 bits per heavy atom. The van der Waals surface area contributed by atoms with Crippen molar-refractivity contribution in [2.24, 2.45) is 5.92 Å². The van der Waals surface area contributed by atoms with Crippen LogP contribution in [0.5, 0.6) is 0 Å². The van der Waals surface area contributed by atoms with Gasteiger partial charge in [-0.15, -0.1) is 6.58 Å². The zero-order chi connectivity index (χ0) is 9.90. The van der Waals surface area contributed by atoms with Gasteiger partial charge in [-0.2, -0.15) is 0 Å². The highest BCUT2D eigenvalue weighted by molar-refractivity contribution is 6.70. The van der Waals surface area contributed by atoms with Crippen molar-refractivity contribution >= 4 is 8.32 Å². The van der Waals surface area contributed by atoms with E-state index in [1.54, 1.807) is 0 Å². The first-order chi connectivity index (χ1) is 6.03. The first kappa shape index (κ1) is 10.6. The zero-order valence-electron chi connectivity index (χ0n) is 8.97. The fraction of sp³-hybridized carbons (Fsp3) is 0.636. The Labute approximate surface area is 82.6 Å². The predicted molar refractivity (Wildman–Crippen MR) is 60.1 cm³/mol. The molecular weight excluding hydrogens is 176 g/mol. The topological polar surface area (TPSA) is 9.23 Å². The molecule has 1 nitrogen and oxygen atoms in total. The molecule has 0 N–H and O–H groups in total. The Balaban J connectivity index is 2.53. The molecule has 13 heavy (non-hydrogen) atoms. The van der Waals surface area contributed by atoms with Crippen molar-refractivity contribution in [1.82, 2.24) is 0 Å². The van der Waals surface area contributed by atoms with Gasteiger partial charge in [-0.25, -0.2) is 0 Å². The molecule has 0 spiro atoms. The summed E-state index contributed by atoms with van der Waals surface area (Å²) in [7, 11) is -1.40. The molecule has 0 aromatic carbocycles. The first-order valence-corrected chi connectivity index (χ1v) is 8.44. The molecule has 2 heteroatoms. The van der Waals surface area contributed by atoms with E-state index in [4.69, 9.17) is 4.43 Å². The van der Waals surface area contributed by atoms with E-state index < -0.39 is 8.32 Å². The van der Waals surface area contributed by atoms with Gasteiger partial charge in [0.1, 0.15) is 0 Å². The van der Waals surface area contributed by atoms with Crippen LogP contribution >= 0.6 is 0 Å². The molecule has 1 atom stereocenters. The molecule has 74 valence electrons. The highest BCUT2D eigenvalue weighted by atomic mass is 28.4. The van der Waals surface area contributed by atoms with Crippen LogP contribution in [0, 0.1) is 5.92 Å². The zero-order valence-corrected chi connectivity index (χ0v) is 9.97. The average Bonchev–Trinajstić information content (AvgIpc) is 2.34. The summed E-state index contributed by atoms with van der Waals surface area (Å²) in [5.74, 6) is 1.85. The highest BCUT2D eigenvalue weighted by Crippen LogP contribution is 2.31. The molecule has 0 saturated carbocycles. The Hall–Kier alpha value is -0.503. The van der Waals surface area contributed by atoms with Gasteiger partial charge in [-0.3, -0.25) is 0 Å². The summed E-state index contributed by atoms with van der Waals surface area (Å²) in [5, 5.41) is 0. The second-order valence-electron chi connectivity index (χ2n) is 4.62. The second-order valence-corrected chi connectivity index (χ2v) is 9.05. The van der Waals surface area contributed by atoms with Gasteiger partial charge in [-0.05, 0) is 45.0 Å². The molecule has 0 aliphatic heterocycles. The van der Waals surface area contributed by atoms with Crippen LogP contribution in [0.15, 0.2) is 24.5 Å². The minimum absolute atomic E-state index is 0.615. The maximum Gasteiger partial charge on any atom is 0.241 e. The highest BCUT2D eigenvalue weighted by Gasteiger charge is 2.25. The van der Waals surface area contributed by atoms with Crippen LogP contribution in [-0.2, 0) is 4.43 Å². The molecule has 0 saturated heterocycles. The van der Waals surface area contributed by atoms with Gasteiger partial charge in [0.2, 0.25) is 8.32 Å². The smallest absolute Gasteiger partial charge is 0.241 e. The van der Waals surface area contributed by atoms with E-state index in [0.717, 1.165) is 6.42 Å². The molecule has 1 rings (SSSR count). The predicted octanol–water partition coefficient (Wildman–Crippen LogP) is 3.71. The van der Waals surface area contributed by atoms with E-state index in [-0.39, 0.29) is 0 Å². The summed E-state index contributed by atoms with van der Waals surface area (Å²) in [6.45, 7) is 10.5. The quantitative estimate of drug-likeness (QED) is 0.492. The lowest BCUT2D eigenvalue weighted by Gasteiger charge is -2.24. The van der Waals surface area contributed by atoms with Crippen molar-refractivity contribution in [3.05, 3.63) is 24.5 Å². The van der Waals surface area contributed by atoms with E-state index in [1.165, 1.54) is 18.6 Å². The lowest BCUT2D eigenvalue weighted by Crippen LogP contribution is -2.26. The van der Waals surface area contributed by atoms with Gasteiger partial charge in [-0.1, -0.05) is 6.08 Å². The Kier molecular flexibility index (Phi) is 3.37. The van der Waals surface area contributed by atoms with Crippen LogP contribution in [0.3, 0.4) is 0 Å². The van der Waals surface area contributed by atoms with E-state index in [2.05, 4.69) is 32.3 Å². The Morgan fingerprint density at radius 3 is 2.85 bits per heavy atom. The lowest BCUT2D eigenvalue weighted by molar-refractivity contribution is 0.351. The van der Waals surface area contributed by atoms with Gasteiger partial charge in [0.15, 0.2) is 0 Å². The van der Waals surface area contributed by atoms with E-state index in [9.17, 15) is 0 Å². The SMILES string of the molecule is C=CCC1CCC=C1O[Si](C)(C)C. The molecule has 1 aliphatic rings. The molecular formula is C11H20OSi. The van der Waals surface area contributed by atoms with Gasteiger partial charge in [0.25, 0.3) is 0 Å². The summed E-state index contributed by atoms with van der Waals surface area (Å²) in [5.41, 5.74) is 0. The molecule has 1 unspecified atom stereocenters. The molecule has 0 heterocycles. The van der Waals surface area contributed by atoms with Crippen molar-refractivity contribution in [3.63, 3.8) is 0 Å². The molecule has 0 radical (unpaired) electrons. The third-order valence-electron chi connectivity index (χ3n) is 2.14. The Bertz CT molecular complexity index is 213. The maximum atomic E-state index is 6.02. The van der Waals surface area contributed by atoms with Crippen LogP contribution in [0.4, 0.5) is 0 Å². The average molecular weight is 196 g/mol. The first-order valence-electron chi connectivity index (χ1n) is 5.03. The van der Waals surface area contributed by atoms with E-state index in [0.29, 0.717) is 5.92 Å². The third-order valence-corrected chi connectivity index (χ3v) is 2.99. The fourth-order valence-corrected chi connectivity index (χ4v) is 2.61. The lowest BCUT2D eigenvalue weighted by atomic mass is 10.0. The normalized spacial score (nSPS) is 22.7. The van der Waals surface area contributed by atoms with Crippen molar-refractivity contribution in [1.29, 1.82) is 0 Å². The summed E-state index contributed by atoms with van der Waals surface area (Å²) in [4.78, 5) is 0. The summed E-state index contributed by atoms with van der Waals surface area (Å²) >= 11 is 0. The molecule has 0 aromatic heterocycles. The monoisotopic (exact) mass is 196 g/mol. The third kappa shape index (κ3) is 3.39. The van der Waals surface area contributed by atoms with Crippen LogP contribution in [0.2, 0.25) is 19.6 Å². The molecule has 0 amide bonds. The molecule has 0 fully saturated rings. The molecule has 0 aromatic rings. The Morgan fingerprint density at radius 2 is 2.31 bits per heavy atom. The van der Waals surface area contributed by atoms with Gasteiger partial charge in [0, 0.05) is 5.92 Å². The number of rotatable bonds is 4. The minimum atomic E-state index is -1.40. The van der Waals surface area contributed by atoms with Crippen molar-refractivity contribution in [2.75, 3.05) is 0 Å². The maximum absolute atomic E-state index is 6.02. The molecule has 0 bridgehead atoms.